The lowest BCUT2D eigenvalue weighted by molar-refractivity contribution is -0.141. The van der Waals surface area contributed by atoms with Crippen LogP contribution < -0.4 is 0 Å². The minimum Gasteiger partial charge on any atom is -0.481 e. The van der Waals surface area contributed by atoms with Crippen molar-refractivity contribution in [3.05, 3.63) is 70.5 Å². The van der Waals surface area contributed by atoms with Gasteiger partial charge in [0.25, 0.3) is 0 Å². The molecular weight excluding hydrogens is 279 g/mol. The van der Waals surface area contributed by atoms with Gasteiger partial charge in [0, 0.05) is 0 Å². The maximum absolute atomic E-state index is 13.1. The zero-order valence-electron chi connectivity index (χ0n) is 10.7. The minimum atomic E-state index is -0.866. The second-order valence-corrected chi connectivity index (χ2v) is 5.08. The van der Waals surface area contributed by atoms with E-state index in [4.69, 9.17) is 11.6 Å². The first-order valence-corrected chi connectivity index (χ1v) is 6.64. The fourth-order valence-electron chi connectivity index (χ4n) is 2.10. The van der Waals surface area contributed by atoms with E-state index in [0.29, 0.717) is 12.8 Å². The number of rotatable bonds is 5. The summed E-state index contributed by atoms with van der Waals surface area (Å²) < 4.78 is 13.1. The summed E-state index contributed by atoms with van der Waals surface area (Å²) in [7, 11) is 0. The van der Waals surface area contributed by atoms with E-state index in [1.165, 1.54) is 12.1 Å². The third-order valence-corrected chi connectivity index (χ3v) is 3.43. The minimum absolute atomic E-state index is 0.0198. The number of hydrogen-bond acceptors (Lipinski definition) is 1. The molecule has 0 spiro atoms. The molecule has 1 N–H and O–H groups in total. The molecule has 2 aromatic carbocycles. The highest BCUT2D eigenvalue weighted by Crippen LogP contribution is 2.20. The molecule has 1 unspecified atom stereocenters. The molecule has 4 heteroatoms. The van der Waals surface area contributed by atoms with E-state index < -0.39 is 17.7 Å². The van der Waals surface area contributed by atoms with Crippen molar-refractivity contribution in [1.82, 2.24) is 0 Å². The van der Waals surface area contributed by atoms with Gasteiger partial charge in [-0.1, -0.05) is 48.0 Å². The monoisotopic (exact) mass is 292 g/mol. The van der Waals surface area contributed by atoms with Crippen molar-refractivity contribution < 1.29 is 14.3 Å². The van der Waals surface area contributed by atoms with Crippen LogP contribution >= 0.6 is 11.6 Å². The molecule has 0 aliphatic rings. The van der Waals surface area contributed by atoms with Gasteiger partial charge in [-0.05, 0) is 36.1 Å². The van der Waals surface area contributed by atoms with Crippen molar-refractivity contribution in [2.45, 2.75) is 12.8 Å². The number of carbonyl (C=O) groups is 1. The van der Waals surface area contributed by atoms with E-state index in [1.54, 1.807) is 6.07 Å². The fraction of sp³-hybridized carbons (Fsp3) is 0.188. The molecule has 0 bridgehead atoms. The van der Waals surface area contributed by atoms with Crippen molar-refractivity contribution >= 4 is 17.6 Å². The zero-order chi connectivity index (χ0) is 14.5. The number of aliphatic carboxylic acids is 1. The molecule has 2 nitrogen and oxygen atoms in total. The Morgan fingerprint density at radius 2 is 1.75 bits per heavy atom. The van der Waals surface area contributed by atoms with Gasteiger partial charge in [-0.3, -0.25) is 4.79 Å². The third kappa shape index (κ3) is 3.81. The van der Waals surface area contributed by atoms with E-state index in [0.717, 1.165) is 11.1 Å². The molecule has 0 aromatic heterocycles. The average Bonchev–Trinajstić information content (AvgIpc) is 2.43. The molecule has 0 radical (unpaired) electrons. The summed E-state index contributed by atoms with van der Waals surface area (Å²) in [5.74, 6) is -1.92. The summed E-state index contributed by atoms with van der Waals surface area (Å²) in [6.45, 7) is 0. The Morgan fingerprint density at radius 3 is 2.35 bits per heavy atom. The highest BCUT2D eigenvalue weighted by Gasteiger charge is 2.19. The van der Waals surface area contributed by atoms with Gasteiger partial charge in [0.05, 0.1) is 10.9 Å². The summed E-state index contributed by atoms with van der Waals surface area (Å²) >= 11 is 5.71. The van der Waals surface area contributed by atoms with Gasteiger partial charge in [-0.15, -0.1) is 0 Å². The van der Waals surface area contributed by atoms with Crippen LogP contribution in [0.3, 0.4) is 0 Å². The van der Waals surface area contributed by atoms with Crippen molar-refractivity contribution in [2.75, 3.05) is 0 Å². The topological polar surface area (TPSA) is 37.3 Å². The lowest BCUT2D eigenvalue weighted by atomic mass is 9.93. The smallest absolute Gasteiger partial charge is 0.307 e. The van der Waals surface area contributed by atoms with E-state index in [9.17, 15) is 14.3 Å². The van der Waals surface area contributed by atoms with Crippen molar-refractivity contribution in [3.8, 4) is 0 Å². The SMILES string of the molecule is O=C(O)C(Cc1ccccc1)Cc1ccc(F)c(Cl)c1. The van der Waals surface area contributed by atoms with E-state index in [-0.39, 0.29) is 5.02 Å². The molecule has 0 fully saturated rings. The van der Waals surface area contributed by atoms with E-state index in [2.05, 4.69) is 0 Å². The van der Waals surface area contributed by atoms with Crippen LogP contribution in [0.5, 0.6) is 0 Å². The molecule has 0 saturated carbocycles. The number of halogens is 2. The van der Waals surface area contributed by atoms with Crippen LogP contribution in [0.2, 0.25) is 5.02 Å². The molecule has 104 valence electrons. The second-order valence-electron chi connectivity index (χ2n) is 4.68. The molecule has 1 atom stereocenters. The predicted octanol–water partition coefficient (Wildman–Crippen LogP) is 3.97. The van der Waals surface area contributed by atoms with Crippen LogP contribution in [0.25, 0.3) is 0 Å². The van der Waals surface area contributed by atoms with Crippen LogP contribution in [-0.2, 0) is 17.6 Å². The summed E-state index contributed by atoms with van der Waals surface area (Å²) in [6.07, 6.45) is 0.759. The average molecular weight is 293 g/mol. The van der Waals surface area contributed by atoms with Crippen LogP contribution in [-0.4, -0.2) is 11.1 Å². The van der Waals surface area contributed by atoms with Crippen molar-refractivity contribution in [2.24, 2.45) is 5.92 Å². The normalized spacial score (nSPS) is 12.1. The summed E-state index contributed by atoms with van der Waals surface area (Å²) in [5, 5.41) is 9.33. The Bertz CT molecular complexity index is 599. The van der Waals surface area contributed by atoms with Gasteiger partial charge in [0.15, 0.2) is 0 Å². The van der Waals surface area contributed by atoms with Crippen LogP contribution in [0.1, 0.15) is 11.1 Å². The highest BCUT2D eigenvalue weighted by molar-refractivity contribution is 6.30. The van der Waals surface area contributed by atoms with Crippen molar-refractivity contribution in [1.29, 1.82) is 0 Å². The largest absolute Gasteiger partial charge is 0.481 e. The third-order valence-electron chi connectivity index (χ3n) is 3.14. The first-order valence-electron chi connectivity index (χ1n) is 6.27. The number of carboxylic acids is 1. The van der Waals surface area contributed by atoms with Crippen LogP contribution in [0.15, 0.2) is 48.5 Å². The first-order chi connectivity index (χ1) is 9.56. The van der Waals surface area contributed by atoms with Gasteiger partial charge in [-0.25, -0.2) is 4.39 Å². The molecule has 0 aliphatic heterocycles. The van der Waals surface area contributed by atoms with Gasteiger partial charge in [-0.2, -0.15) is 0 Å². The van der Waals surface area contributed by atoms with E-state index >= 15 is 0 Å². The fourth-order valence-corrected chi connectivity index (χ4v) is 2.30. The Balaban J connectivity index is 2.13. The molecule has 2 rings (SSSR count). The number of carboxylic acid groups (broad SMARTS) is 1. The summed E-state index contributed by atoms with van der Waals surface area (Å²) in [6, 6.07) is 13.8. The maximum atomic E-state index is 13.1. The Hall–Kier alpha value is -1.87. The molecule has 20 heavy (non-hydrogen) atoms. The number of hydrogen-bond donors (Lipinski definition) is 1. The van der Waals surface area contributed by atoms with Crippen LogP contribution in [0.4, 0.5) is 4.39 Å². The summed E-state index contributed by atoms with van der Waals surface area (Å²) in [5.41, 5.74) is 1.69. The Labute approximate surface area is 121 Å². The molecule has 0 amide bonds. The highest BCUT2D eigenvalue weighted by atomic mass is 35.5. The van der Waals surface area contributed by atoms with Crippen LogP contribution in [0, 0.1) is 11.7 Å². The molecule has 2 aromatic rings. The maximum Gasteiger partial charge on any atom is 0.307 e. The molecule has 0 heterocycles. The van der Waals surface area contributed by atoms with Gasteiger partial charge in [0.2, 0.25) is 0 Å². The predicted molar refractivity (Wildman–Crippen MR) is 76.4 cm³/mol. The quantitative estimate of drug-likeness (QED) is 0.905. The summed E-state index contributed by atoms with van der Waals surface area (Å²) in [4.78, 5) is 11.4. The Morgan fingerprint density at radius 1 is 1.10 bits per heavy atom. The first kappa shape index (κ1) is 14.5. The van der Waals surface area contributed by atoms with Gasteiger partial charge >= 0.3 is 5.97 Å². The lowest BCUT2D eigenvalue weighted by Crippen LogP contribution is -2.19. The van der Waals surface area contributed by atoms with E-state index in [1.807, 2.05) is 30.3 Å². The Kier molecular flexibility index (Phi) is 4.74. The standard InChI is InChI=1S/C16H14ClFO2/c17-14-10-12(6-7-15(14)18)9-13(16(19)20)8-11-4-2-1-3-5-11/h1-7,10,13H,8-9H2,(H,19,20). The number of benzene rings is 2. The zero-order valence-corrected chi connectivity index (χ0v) is 11.5. The molecule has 0 aliphatic carbocycles. The van der Waals surface area contributed by atoms with Gasteiger partial charge < -0.3 is 5.11 Å². The molecular formula is C16H14ClFO2. The second kappa shape index (κ2) is 6.53. The molecule has 0 saturated heterocycles. The lowest BCUT2D eigenvalue weighted by Gasteiger charge is -2.13. The van der Waals surface area contributed by atoms with Gasteiger partial charge in [0.1, 0.15) is 5.82 Å². The van der Waals surface area contributed by atoms with Crippen molar-refractivity contribution in [3.63, 3.8) is 0 Å².